The van der Waals surface area contributed by atoms with Crippen LogP contribution in [0.5, 0.6) is 0 Å². The number of carbonyl (C=O) groups is 1. The molecule has 0 unspecified atom stereocenters. The lowest BCUT2D eigenvalue weighted by molar-refractivity contribution is 0.102. The van der Waals surface area contributed by atoms with Crippen LogP contribution in [0.1, 0.15) is 66.5 Å². The van der Waals surface area contributed by atoms with Gasteiger partial charge in [-0.2, -0.15) is 10.4 Å². The SMILES string of the molecule is Cc1ccc(C(=O)Nc2cccc(C(C)(C)C#N)c2)cc1C#Cc1cnc2c(Nc3cnn(C(C)C)c3)cccn12. The second kappa shape index (κ2) is 11.0. The van der Waals surface area contributed by atoms with Crippen molar-refractivity contribution in [1.82, 2.24) is 19.2 Å². The van der Waals surface area contributed by atoms with E-state index in [1.165, 1.54) is 0 Å². The zero-order chi connectivity index (χ0) is 29.1. The number of aromatic nitrogens is 4. The third kappa shape index (κ3) is 5.83. The second-order valence-corrected chi connectivity index (χ2v) is 10.7. The zero-order valence-corrected chi connectivity index (χ0v) is 23.7. The lowest BCUT2D eigenvalue weighted by Crippen LogP contribution is -2.16. The van der Waals surface area contributed by atoms with Crippen LogP contribution < -0.4 is 10.6 Å². The molecule has 0 fully saturated rings. The molecule has 8 nitrogen and oxygen atoms in total. The lowest BCUT2D eigenvalue weighted by Gasteiger charge is -2.17. The highest BCUT2D eigenvalue weighted by Gasteiger charge is 2.20. The maximum absolute atomic E-state index is 13.1. The summed E-state index contributed by atoms with van der Waals surface area (Å²) in [5.41, 5.74) is 6.24. The van der Waals surface area contributed by atoms with Gasteiger partial charge in [-0.3, -0.25) is 13.9 Å². The summed E-state index contributed by atoms with van der Waals surface area (Å²) in [5, 5.41) is 20.2. The van der Waals surface area contributed by atoms with Gasteiger partial charge in [0, 0.05) is 35.2 Å². The summed E-state index contributed by atoms with van der Waals surface area (Å²) in [6.07, 6.45) is 7.43. The zero-order valence-electron chi connectivity index (χ0n) is 23.7. The first kappa shape index (κ1) is 27.2. The van der Waals surface area contributed by atoms with Gasteiger partial charge in [-0.1, -0.05) is 24.1 Å². The van der Waals surface area contributed by atoms with Gasteiger partial charge < -0.3 is 10.6 Å². The maximum Gasteiger partial charge on any atom is 0.255 e. The molecule has 2 N–H and O–H groups in total. The number of nitrogens with zero attached hydrogens (tertiary/aromatic N) is 5. The summed E-state index contributed by atoms with van der Waals surface area (Å²) in [5.74, 6) is 6.21. The van der Waals surface area contributed by atoms with Gasteiger partial charge >= 0.3 is 0 Å². The molecule has 0 saturated carbocycles. The number of hydrogen-bond donors (Lipinski definition) is 2. The fraction of sp³-hybridized carbons (Fsp3) is 0.212. The summed E-state index contributed by atoms with van der Waals surface area (Å²) in [7, 11) is 0. The Hall–Kier alpha value is -5.34. The third-order valence-corrected chi connectivity index (χ3v) is 6.89. The summed E-state index contributed by atoms with van der Waals surface area (Å²) in [6, 6.07) is 19.3. The number of fused-ring (bicyclic) bond motifs is 1. The van der Waals surface area contributed by atoms with E-state index in [-0.39, 0.29) is 11.9 Å². The molecule has 5 aromatic rings. The molecule has 0 radical (unpaired) electrons. The highest BCUT2D eigenvalue weighted by molar-refractivity contribution is 6.04. The number of pyridine rings is 1. The van der Waals surface area contributed by atoms with E-state index in [0.29, 0.717) is 11.3 Å². The minimum Gasteiger partial charge on any atom is -0.350 e. The number of nitrogens with one attached hydrogen (secondary N) is 2. The van der Waals surface area contributed by atoms with Crippen LogP contribution in [0, 0.1) is 30.1 Å². The smallest absolute Gasteiger partial charge is 0.255 e. The molecule has 204 valence electrons. The number of hydrogen-bond acceptors (Lipinski definition) is 5. The van der Waals surface area contributed by atoms with Crippen molar-refractivity contribution in [1.29, 1.82) is 5.26 Å². The number of carbonyl (C=O) groups excluding carboxylic acids is 1. The maximum atomic E-state index is 13.1. The molecule has 3 heterocycles. The average molecular weight is 542 g/mol. The van der Waals surface area contributed by atoms with Gasteiger partial charge in [0.15, 0.2) is 5.65 Å². The Labute approximate surface area is 239 Å². The summed E-state index contributed by atoms with van der Waals surface area (Å²) in [4.78, 5) is 17.7. The van der Waals surface area contributed by atoms with Crippen molar-refractivity contribution < 1.29 is 4.79 Å². The Morgan fingerprint density at radius 2 is 1.85 bits per heavy atom. The fourth-order valence-electron chi connectivity index (χ4n) is 4.32. The van der Waals surface area contributed by atoms with E-state index in [9.17, 15) is 10.1 Å². The first-order valence-corrected chi connectivity index (χ1v) is 13.4. The summed E-state index contributed by atoms with van der Waals surface area (Å²) in [6.45, 7) is 9.83. The molecule has 1 amide bonds. The number of benzene rings is 2. The Morgan fingerprint density at radius 1 is 1.02 bits per heavy atom. The van der Waals surface area contributed by atoms with Gasteiger partial charge in [-0.05, 0) is 88.1 Å². The molecule has 0 bridgehead atoms. The van der Waals surface area contributed by atoms with E-state index >= 15 is 0 Å². The summed E-state index contributed by atoms with van der Waals surface area (Å²) < 4.78 is 3.83. The second-order valence-electron chi connectivity index (χ2n) is 10.7. The van der Waals surface area contributed by atoms with Crippen LogP contribution in [0.3, 0.4) is 0 Å². The number of nitriles is 1. The molecule has 41 heavy (non-hydrogen) atoms. The largest absolute Gasteiger partial charge is 0.350 e. The minimum atomic E-state index is -0.654. The average Bonchev–Trinajstić information content (AvgIpc) is 3.61. The molecule has 0 aliphatic rings. The number of rotatable bonds is 6. The first-order valence-electron chi connectivity index (χ1n) is 13.4. The van der Waals surface area contributed by atoms with Crippen LogP contribution >= 0.6 is 0 Å². The molecule has 0 aliphatic heterocycles. The monoisotopic (exact) mass is 541 g/mol. The predicted octanol–water partition coefficient (Wildman–Crippen LogP) is 6.62. The minimum absolute atomic E-state index is 0.244. The van der Waals surface area contributed by atoms with Crippen LogP contribution in [0.4, 0.5) is 17.1 Å². The quantitative estimate of drug-likeness (QED) is 0.235. The van der Waals surface area contributed by atoms with Crippen molar-refractivity contribution in [2.24, 2.45) is 0 Å². The molecule has 5 rings (SSSR count). The molecule has 0 atom stereocenters. The fourth-order valence-corrected chi connectivity index (χ4v) is 4.32. The van der Waals surface area contributed by atoms with E-state index in [1.54, 1.807) is 24.5 Å². The highest BCUT2D eigenvalue weighted by atomic mass is 16.1. The molecule has 0 spiro atoms. The molecule has 2 aromatic carbocycles. The van der Waals surface area contributed by atoms with Crippen molar-refractivity contribution in [2.75, 3.05) is 10.6 Å². The standard InChI is InChI=1S/C33H31N7O/c1-22(2)40-20-28(18-36-40)37-30-10-7-15-39-29(19-35-31(30)39)14-13-24-16-25(12-11-23(24)3)32(41)38-27-9-6-8-26(17-27)33(4,5)21-34/h6-12,15-20,22,37H,1-5H3,(H,38,41). The van der Waals surface area contributed by atoms with Crippen LogP contribution in [-0.4, -0.2) is 25.1 Å². The van der Waals surface area contributed by atoms with Crippen molar-refractivity contribution in [3.05, 3.63) is 107 Å². The van der Waals surface area contributed by atoms with Crippen LogP contribution in [0.25, 0.3) is 5.65 Å². The van der Waals surface area contributed by atoms with Crippen LogP contribution in [-0.2, 0) is 5.41 Å². The molecular formula is C33H31N7O. The van der Waals surface area contributed by atoms with Gasteiger partial charge in [0.05, 0.1) is 35.3 Å². The van der Waals surface area contributed by atoms with Crippen molar-refractivity contribution >= 4 is 28.6 Å². The molecule has 0 aliphatic carbocycles. The van der Waals surface area contributed by atoms with Gasteiger partial charge in [-0.25, -0.2) is 4.98 Å². The van der Waals surface area contributed by atoms with Crippen molar-refractivity contribution in [3.63, 3.8) is 0 Å². The molecule has 3 aromatic heterocycles. The molecule has 8 heteroatoms. The van der Waals surface area contributed by atoms with Crippen LogP contribution in [0.15, 0.2) is 79.4 Å². The molecular weight excluding hydrogens is 510 g/mol. The Bertz CT molecular complexity index is 1860. The van der Waals surface area contributed by atoms with Crippen molar-refractivity contribution in [2.45, 2.75) is 46.1 Å². The van der Waals surface area contributed by atoms with E-state index in [4.69, 9.17) is 0 Å². The topological polar surface area (TPSA) is 100 Å². The Morgan fingerprint density at radius 3 is 2.61 bits per heavy atom. The van der Waals surface area contributed by atoms with Gasteiger partial charge in [-0.15, -0.1) is 0 Å². The Kier molecular flexibility index (Phi) is 7.33. The Balaban J connectivity index is 1.38. The van der Waals surface area contributed by atoms with E-state index in [0.717, 1.165) is 39.4 Å². The third-order valence-electron chi connectivity index (χ3n) is 6.89. The van der Waals surface area contributed by atoms with Gasteiger partial charge in [0.1, 0.15) is 5.69 Å². The summed E-state index contributed by atoms with van der Waals surface area (Å²) >= 11 is 0. The number of amides is 1. The number of anilines is 3. The van der Waals surface area contributed by atoms with E-state index < -0.39 is 5.41 Å². The normalized spacial score (nSPS) is 11.1. The van der Waals surface area contributed by atoms with E-state index in [2.05, 4.69) is 52.5 Å². The van der Waals surface area contributed by atoms with Gasteiger partial charge in [0.2, 0.25) is 0 Å². The van der Waals surface area contributed by atoms with Crippen molar-refractivity contribution in [3.8, 4) is 17.9 Å². The first-order chi connectivity index (χ1) is 19.6. The van der Waals surface area contributed by atoms with Crippen LogP contribution in [0.2, 0.25) is 0 Å². The molecule has 0 saturated heterocycles. The van der Waals surface area contributed by atoms with Gasteiger partial charge in [0.25, 0.3) is 5.91 Å². The predicted molar refractivity (Wildman–Crippen MR) is 161 cm³/mol. The lowest BCUT2D eigenvalue weighted by atomic mass is 9.86. The number of imidazole rings is 1. The van der Waals surface area contributed by atoms with E-state index in [1.807, 2.05) is 84.7 Å². The number of aryl methyl sites for hydroxylation is 1. The highest BCUT2D eigenvalue weighted by Crippen LogP contribution is 2.25.